The number of hydrogen-bond acceptors (Lipinski definition) is 2. The van der Waals surface area contributed by atoms with Gasteiger partial charge in [0.2, 0.25) is 0 Å². The number of nitrogens with one attached hydrogen (secondary N) is 1. The van der Waals surface area contributed by atoms with Crippen molar-refractivity contribution in [3.63, 3.8) is 0 Å². The third-order valence-corrected chi connectivity index (χ3v) is 3.99. The van der Waals surface area contributed by atoms with Crippen molar-refractivity contribution >= 4 is 0 Å². The van der Waals surface area contributed by atoms with Crippen LogP contribution in [0.25, 0.3) is 0 Å². The standard InChI is InChI=1S/C17H25F2NO/c1-2-20-16(8-9-21-12-17(18)19)11-13-6-7-14-4-3-5-15(14)10-13/h6-7,10,16-17,20H,2-5,8-9,11-12H2,1H3. The predicted molar refractivity (Wildman–Crippen MR) is 81.1 cm³/mol. The Kier molecular flexibility index (Phi) is 6.58. The highest BCUT2D eigenvalue weighted by atomic mass is 19.3. The molecule has 1 N–H and O–H groups in total. The molecule has 0 radical (unpaired) electrons. The molecule has 0 heterocycles. The van der Waals surface area contributed by atoms with Crippen LogP contribution in [0.2, 0.25) is 0 Å². The van der Waals surface area contributed by atoms with Crippen LogP contribution in [-0.2, 0) is 24.0 Å². The average molecular weight is 297 g/mol. The highest BCUT2D eigenvalue weighted by Crippen LogP contribution is 2.23. The van der Waals surface area contributed by atoms with Crippen molar-refractivity contribution in [3.05, 3.63) is 34.9 Å². The third kappa shape index (κ3) is 5.36. The van der Waals surface area contributed by atoms with Crippen molar-refractivity contribution in [1.29, 1.82) is 0 Å². The van der Waals surface area contributed by atoms with Crippen LogP contribution in [0.4, 0.5) is 8.78 Å². The van der Waals surface area contributed by atoms with Gasteiger partial charge in [0.1, 0.15) is 6.61 Å². The Morgan fingerprint density at radius 3 is 2.81 bits per heavy atom. The van der Waals surface area contributed by atoms with Crippen molar-refractivity contribution in [2.75, 3.05) is 19.8 Å². The summed E-state index contributed by atoms with van der Waals surface area (Å²) in [5.74, 6) is 0. The summed E-state index contributed by atoms with van der Waals surface area (Å²) in [6, 6.07) is 7.04. The number of alkyl halides is 2. The maximum Gasteiger partial charge on any atom is 0.261 e. The third-order valence-electron chi connectivity index (χ3n) is 3.99. The average Bonchev–Trinajstić information content (AvgIpc) is 2.91. The minimum absolute atomic E-state index is 0.284. The summed E-state index contributed by atoms with van der Waals surface area (Å²) < 4.78 is 29.1. The van der Waals surface area contributed by atoms with Gasteiger partial charge in [-0.1, -0.05) is 25.1 Å². The molecule has 1 aromatic carbocycles. The molecule has 0 aromatic heterocycles. The molecule has 0 amide bonds. The minimum Gasteiger partial charge on any atom is -0.375 e. The SMILES string of the molecule is CCNC(CCOCC(F)F)Cc1ccc2c(c1)CCC2. The van der Waals surface area contributed by atoms with E-state index in [1.165, 1.54) is 36.0 Å². The monoisotopic (exact) mass is 297 g/mol. The van der Waals surface area contributed by atoms with E-state index in [4.69, 9.17) is 4.74 Å². The zero-order valence-corrected chi connectivity index (χ0v) is 12.7. The number of fused-ring (bicyclic) bond motifs is 1. The zero-order valence-electron chi connectivity index (χ0n) is 12.7. The molecular formula is C17H25F2NO. The van der Waals surface area contributed by atoms with Gasteiger partial charge in [0.15, 0.2) is 0 Å². The summed E-state index contributed by atoms with van der Waals surface area (Å²) >= 11 is 0. The lowest BCUT2D eigenvalue weighted by Gasteiger charge is -2.18. The van der Waals surface area contributed by atoms with E-state index in [1.54, 1.807) is 0 Å². The van der Waals surface area contributed by atoms with Crippen LogP contribution < -0.4 is 5.32 Å². The van der Waals surface area contributed by atoms with Gasteiger partial charge in [0, 0.05) is 12.6 Å². The Hall–Kier alpha value is -1.00. The summed E-state index contributed by atoms with van der Waals surface area (Å²) in [4.78, 5) is 0. The fourth-order valence-corrected chi connectivity index (χ4v) is 3.00. The molecule has 1 unspecified atom stereocenters. The Balaban J connectivity index is 1.84. The predicted octanol–water partition coefficient (Wildman–Crippen LogP) is 3.37. The fourth-order valence-electron chi connectivity index (χ4n) is 3.00. The van der Waals surface area contributed by atoms with E-state index in [-0.39, 0.29) is 6.04 Å². The van der Waals surface area contributed by atoms with Gasteiger partial charge in [-0.2, -0.15) is 0 Å². The molecule has 1 aliphatic carbocycles. The molecule has 1 atom stereocenters. The summed E-state index contributed by atoms with van der Waals surface area (Å²) in [6.45, 7) is 2.87. The van der Waals surface area contributed by atoms with Gasteiger partial charge >= 0.3 is 0 Å². The second-order valence-corrected chi connectivity index (χ2v) is 5.67. The molecule has 2 nitrogen and oxygen atoms in total. The molecule has 0 fully saturated rings. The first-order chi connectivity index (χ1) is 10.2. The van der Waals surface area contributed by atoms with Gasteiger partial charge in [-0.15, -0.1) is 0 Å². The quantitative estimate of drug-likeness (QED) is 0.706. The van der Waals surface area contributed by atoms with Crippen LogP contribution in [0, 0.1) is 0 Å². The molecule has 0 bridgehead atoms. The number of benzene rings is 1. The van der Waals surface area contributed by atoms with Gasteiger partial charge in [-0.25, -0.2) is 8.78 Å². The molecule has 0 spiro atoms. The lowest BCUT2D eigenvalue weighted by atomic mass is 9.99. The number of likely N-dealkylation sites (N-methyl/N-ethyl adjacent to an activating group) is 1. The smallest absolute Gasteiger partial charge is 0.261 e. The van der Waals surface area contributed by atoms with Crippen LogP contribution in [0.15, 0.2) is 18.2 Å². The largest absolute Gasteiger partial charge is 0.375 e. The van der Waals surface area contributed by atoms with Crippen molar-refractivity contribution in [1.82, 2.24) is 5.32 Å². The first-order valence-electron chi connectivity index (χ1n) is 7.89. The van der Waals surface area contributed by atoms with Crippen molar-refractivity contribution in [3.8, 4) is 0 Å². The van der Waals surface area contributed by atoms with E-state index in [1.807, 2.05) is 0 Å². The van der Waals surface area contributed by atoms with Crippen molar-refractivity contribution in [2.24, 2.45) is 0 Å². The van der Waals surface area contributed by atoms with Gasteiger partial charge < -0.3 is 10.1 Å². The molecule has 1 aromatic rings. The maximum atomic E-state index is 12.0. The Bertz CT molecular complexity index is 437. The van der Waals surface area contributed by atoms with Gasteiger partial charge in [-0.05, 0) is 55.3 Å². The Labute approximate surface area is 125 Å². The fraction of sp³-hybridized carbons (Fsp3) is 0.647. The van der Waals surface area contributed by atoms with E-state index in [2.05, 4.69) is 30.4 Å². The van der Waals surface area contributed by atoms with Crippen LogP contribution in [0.5, 0.6) is 0 Å². The first kappa shape index (κ1) is 16.4. The maximum absolute atomic E-state index is 12.0. The molecule has 0 aliphatic heterocycles. The molecule has 118 valence electrons. The van der Waals surface area contributed by atoms with E-state index < -0.39 is 13.0 Å². The van der Waals surface area contributed by atoms with Crippen LogP contribution in [-0.4, -0.2) is 32.2 Å². The van der Waals surface area contributed by atoms with Crippen LogP contribution in [0.1, 0.15) is 36.5 Å². The molecule has 2 rings (SSSR count). The normalized spacial score (nSPS) is 15.4. The Morgan fingerprint density at radius 2 is 2.05 bits per heavy atom. The molecule has 21 heavy (non-hydrogen) atoms. The highest BCUT2D eigenvalue weighted by molar-refractivity contribution is 5.35. The first-order valence-corrected chi connectivity index (χ1v) is 7.89. The number of rotatable bonds is 9. The van der Waals surface area contributed by atoms with Crippen LogP contribution >= 0.6 is 0 Å². The summed E-state index contributed by atoms with van der Waals surface area (Å²) in [6.07, 6.45) is 2.97. The number of ether oxygens (including phenoxy) is 1. The minimum atomic E-state index is -2.38. The zero-order chi connectivity index (χ0) is 15.1. The molecule has 0 saturated carbocycles. The van der Waals surface area contributed by atoms with E-state index in [0.717, 1.165) is 19.4 Å². The summed E-state index contributed by atoms with van der Waals surface area (Å²) in [5, 5.41) is 3.42. The molecule has 1 aliphatic rings. The van der Waals surface area contributed by atoms with Crippen molar-refractivity contribution in [2.45, 2.75) is 51.5 Å². The van der Waals surface area contributed by atoms with Gasteiger partial charge in [0.25, 0.3) is 6.43 Å². The van der Waals surface area contributed by atoms with E-state index >= 15 is 0 Å². The van der Waals surface area contributed by atoms with Crippen molar-refractivity contribution < 1.29 is 13.5 Å². The lowest BCUT2D eigenvalue weighted by molar-refractivity contribution is 0.0144. The molecular weight excluding hydrogens is 272 g/mol. The number of halogens is 2. The van der Waals surface area contributed by atoms with Gasteiger partial charge in [0.05, 0.1) is 0 Å². The van der Waals surface area contributed by atoms with E-state index in [9.17, 15) is 8.78 Å². The highest BCUT2D eigenvalue weighted by Gasteiger charge is 2.14. The lowest BCUT2D eigenvalue weighted by Crippen LogP contribution is -2.32. The number of hydrogen-bond donors (Lipinski definition) is 1. The topological polar surface area (TPSA) is 21.3 Å². The second-order valence-electron chi connectivity index (χ2n) is 5.67. The Morgan fingerprint density at radius 1 is 1.24 bits per heavy atom. The molecule has 0 saturated heterocycles. The van der Waals surface area contributed by atoms with Gasteiger partial charge in [-0.3, -0.25) is 0 Å². The van der Waals surface area contributed by atoms with Crippen LogP contribution in [0.3, 0.4) is 0 Å². The summed E-state index contributed by atoms with van der Waals surface area (Å²) in [7, 11) is 0. The second kappa shape index (κ2) is 8.44. The van der Waals surface area contributed by atoms with E-state index in [0.29, 0.717) is 6.61 Å². The molecule has 4 heteroatoms. The summed E-state index contributed by atoms with van der Waals surface area (Å²) in [5.41, 5.74) is 4.30. The number of aryl methyl sites for hydroxylation is 2.